The van der Waals surface area contributed by atoms with Gasteiger partial charge in [-0.25, -0.2) is 0 Å². The molecule has 0 aromatic carbocycles. The van der Waals surface area contributed by atoms with E-state index in [2.05, 4.69) is 44.7 Å². The van der Waals surface area contributed by atoms with Gasteiger partial charge in [0.2, 0.25) is 0 Å². The zero-order chi connectivity index (χ0) is 10.8. The number of nitrogens with one attached hydrogen (secondary N) is 1. The van der Waals surface area contributed by atoms with Gasteiger partial charge in [-0.15, -0.1) is 0 Å². The van der Waals surface area contributed by atoms with Crippen molar-refractivity contribution in [2.45, 2.75) is 32.1 Å². The molecule has 3 heteroatoms. The Hall–Kier alpha value is 0.390. The van der Waals surface area contributed by atoms with Crippen molar-refractivity contribution >= 4 is 33.9 Å². The Balaban J connectivity index is 1.81. The van der Waals surface area contributed by atoms with Gasteiger partial charge in [0.1, 0.15) is 0 Å². The van der Waals surface area contributed by atoms with E-state index >= 15 is 0 Å². The van der Waals surface area contributed by atoms with Gasteiger partial charge in [-0.3, -0.25) is 0 Å². The maximum absolute atomic E-state index is 3.50. The molecule has 0 aliphatic carbocycles. The molecule has 15 heavy (non-hydrogen) atoms. The number of alkyl halides is 1. The first kappa shape index (κ1) is 13.5. The summed E-state index contributed by atoms with van der Waals surface area (Å²) in [6.45, 7) is 2.31. The normalized spacial score (nSPS) is 10.7. The van der Waals surface area contributed by atoms with E-state index < -0.39 is 0 Å². The zero-order valence-electron chi connectivity index (χ0n) is 9.18. The molecule has 0 spiro atoms. The molecule has 1 nitrogen and oxygen atoms in total. The summed E-state index contributed by atoms with van der Waals surface area (Å²) in [7, 11) is 0. The molecule has 0 saturated heterocycles. The second kappa shape index (κ2) is 9.60. The first-order valence-electron chi connectivity index (χ1n) is 5.71. The number of rotatable bonds is 9. The van der Waals surface area contributed by atoms with Gasteiger partial charge in [0.25, 0.3) is 0 Å². The molecule has 0 bridgehead atoms. The van der Waals surface area contributed by atoms with Gasteiger partial charge in [0.05, 0.1) is 0 Å². The molecule has 0 saturated carbocycles. The Bertz CT molecular complexity index is 224. The standard InChI is InChI=1S/C12H20INS/c13-7-3-1-2-4-8-14-9-5-12-6-10-15-11-12/h6,10-11,14H,1-5,7-9H2. The van der Waals surface area contributed by atoms with Crippen LogP contribution in [0.1, 0.15) is 31.2 Å². The molecule has 1 heterocycles. The maximum Gasteiger partial charge on any atom is -0.000473 e. The molecule has 0 aliphatic heterocycles. The quantitative estimate of drug-likeness (QED) is 0.410. The maximum atomic E-state index is 3.50. The summed E-state index contributed by atoms with van der Waals surface area (Å²) in [6, 6.07) is 2.22. The van der Waals surface area contributed by atoms with Gasteiger partial charge in [-0.2, -0.15) is 11.3 Å². The van der Waals surface area contributed by atoms with Crippen molar-refractivity contribution in [3.05, 3.63) is 22.4 Å². The van der Waals surface area contributed by atoms with Crippen LogP contribution in [-0.2, 0) is 6.42 Å². The molecule has 0 amide bonds. The van der Waals surface area contributed by atoms with Gasteiger partial charge in [-0.1, -0.05) is 35.4 Å². The highest BCUT2D eigenvalue weighted by atomic mass is 127. The van der Waals surface area contributed by atoms with Crippen molar-refractivity contribution in [3.8, 4) is 0 Å². The molecule has 86 valence electrons. The lowest BCUT2D eigenvalue weighted by molar-refractivity contribution is 0.601. The molecule has 1 rings (SSSR count). The fourth-order valence-corrected chi connectivity index (χ4v) is 2.73. The average molecular weight is 337 g/mol. The Morgan fingerprint density at radius 2 is 2.00 bits per heavy atom. The number of unbranched alkanes of at least 4 members (excludes halogenated alkanes) is 3. The molecular formula is C12H20INS. The summed E-state index contributed by atoms with van der Waals surface area (Å²) in [4.78, 5) is 0. The minimum atomic E-state index is 1.13. The lowest BCUT2D eigenvalue weighted by Crippen LogP contribution is -2.18. The van der Waals surface area contributed by atoms with Crippen LogP contribution in [0.15, 0.2) is 16.8 Å². The Labute approximate surface area is 111 Å². The van der Waals surface area contributed by atoms with E-state index in [9.17, 15) is 0 Å². The Kier molecular flexibility index (Phi) is 8.62. The van der Waals surface area contributed by atoms with Crippen LogP contribution in [0, 0.1) is 0 Å². The van der Waals surface area contributed by atoms with Crippen molar-refractivity contribution in [2.24, 2.45) is 0 Å². The minimum absolute atomic E-state index is 1.13. The zero-order valence-corrected chi connectivity index (χ0v) is 12.1. The minimum Gasteiger partial charge on any atom is -0.316 e. The Morgan fingerprint density at radius 3 is 2.73 bits per heavy atom. The van der Waals surface area contributed by atoms with E-state index in [0.717, 1.165) is 6.54 Å². The summed E-state index contributed by atoms with van der Waals surface area (Å²) in [5.41, 5.74) is 1.47. The van der Waals surface area contributed by atoms with Gasteiger partial charge < -0.3 is 5.32 Å². The summed E-state index contributed by atoms with van der Waals surface area (Å²) in [5.74, 6) is 0. The molecule has 0 fully saturated rings. The van der Waals surface area contributed by atoms with Crippen LogP contribution >= 0.6 is 33.9 Å². The van der Waals surface area contributed by atoms with Crippen LogP contribution in [0.25, 0.3) is 0 Å². The second-order valence-electron chi connectivity index (χ2n) is 3.73. The predicted molar refractivity (Wildman–Crippen MR) is 78.2 cm³/mol. The van der Waals surface area contributed by atoms with E-state index in [1.807, 2.05) is 0 Å². The van der Waals surface area contributed by atoms with E-state index in [-0.39, 0.29) is 0 Å². The first-order chi connectivity index (χ1) is 7.43. The molecule has 1 aromatic heterocycles. The smallest absolute Gasteiger partial charge is 0.000473 e. The second-order valence-corrected chi connectivity index (χ2v) is 5.59. The van der Waals surface area contributed by atoms with Crippen LogP contribution in [0.3, 0.4) is 0 Å². The average Bonchev–Trinajstić information content (AvgIpc) is 2.75. The fourth-order valence-electron chi connectivity index (χ4n) is 1.49. The van der Waals surface area contributed by atoms with Crippen LogP contribution in [-0.4, -0.2) is 17.5 Å². The third kappa shape index (κ3) is 7.30. The summed E-state index contributed by atoms with van der Waals surface area (Å²) < 4.78 is 1.31. The van der Waals surface area contributed by atoms with Crippen molar-refractivity contribution in [1.29, 1.82) is 0 Å². The molecular weight excluding hydrogens is 317 g/mol. The highest BCUT2D eigenvalue weighted by Gasteiger charge is 1.93. The Morgan fingerprint density at radius 1 is 1.13 bits per heavy atom. The molecule has 0 atom stereocenters. The third-order valence-electron chi connectivity index (χ3n) is 2.41. The number of hydrogen-bond donors (Lipinski definition) is 1. The van der Waals surface area contributed by atoms with Crippen LogP contribution in [0.4, 0.5) is 0 Å². The van der Waals surface area contributed by atoms with Crippen molar-refractivity contribution < 1.29 is 0 Å². The first-order valence-corrected chi connectivity index (χ1v) is 8.18. The lowest BCUT2D eigenvalue weighted by Gasteiger charge is -2.03. The van der Waals surface area contributed by atoms with Crippen molar-refractivity contribution in [2.75, 3.05) is 17.5 Å². The van der Waals surface area contributed by atoms with E-state index in [0.29, 0.717) is 0 Å². The summed E-state index contributed by atoms with van der Waals surface area (Å²) in [5, 5.41) is 7.89. The monoisotopic (exact) mass is 337 g/mol. The van der Waals surface area contributed by atoms with Gasteiger partial charge in [0.15, 0.2) is 0 Å². The van der Waals surface area contributed by atoms with Gasteiger partial charge in [0, 0.05) is 0 Å². The van der Waals surface area contributed by atoms with Crippen LogP contribution in [0.5, 0.6) is 0 Å². The highest BCUT2D eigenvalue weighted by Crippen LogP contribution is 2.05. The summed E-state index contributed by atoms with van der Waals surface area (Å²) in [6.07, 6.45) is 6.68. The van der Waals surface area contributed by atoms with Crippen molar-refractivity contribution in [3.63, 3.8) is 0 Å². The molecule has 1 N–H and O–H groups in total. The van der Waals surface area contributed by atoms with Crippen LogP contribution in [0.2, 0.25) is 0 Å². The topological polar surface area (TPSA) is 12.0 Å². The molecule has 0 aliphatic rings. The predicted octanol–water partition coefficient (Wildman–Crippen LogP) is 3.88. The molecule has 0 radical (unpaired) electrons. The van der Waals surface area contributed by atoms with Gasteiger partial charge >= 0.3 is 0 Å². The van der Waals surface area contributed by atoms with Crippen LogP contribution < -0.4 is 5.32 Å². The van der Waals surface area contributed by atoms with E-state index in [1.165, 1.54) is 48.6 Å². The number of halogens is 1. The molecule has 1 aromatic rings. The third-order valence-corrected chi connectivity index (χ3v) is 3.90. The lowest BCUT2D eigenvalue weighted by atomic mass is 10.2. The molecule has 0 unspecified atom stereocenters. The van der Waals surface area contributed by atoms with E-state index in [1.54, 1.807) is 11.3 Å². The summed E-state index contributed by atoms with van der Waals surface area (Å²) >= 11 is 4.24. The van der Waals surface area contributed by atoms with E-state index in [4.69, 9.17) is 0 Å². The number of thiophene rings is 1. The van der Waals surface area contributed by atoms with Crippen molar-refractivity contribution in [1.82, 2.24) is 5.32 Å². The van der Waals surface area contributed by atoms with Gasteiger partial charge in [-0.05, 0) is 59.2 Å². The number of hydrogen-bond acceptors (Lipinski definition) is 2. The largest absolute Gasteiger partial charge is 0.316 e. The highest BCUT2D eigenvalue weighted by molar-refractivity contribution is 14.1. The fraction of sp³-hybridized carbons (Fsp3) is 0.667. The SMILES string of the molecule is ICCCCCCNCCc1ccsc1.